The van der Waals surface area contributed by atoms with E-state index < -0.39 is 11.7 Å². The predicted molar refractivity (Wildman–Crippen MR) is 76.7 cm³/mol. The molecule has 0 aliphatic rings. The summed E-state index contributed by atoms with van der Waals surface area (Å²) in [4.78, 5) is 11.7. The van der Waals surface area contributed by atoms with E-state index in [9.17, 15) is 18.0 Å². The van der Waals surface area contributed by atoms with Crippen LogP contribution in [0.2, 0.25) is 0 Å². The number of hydrogen-bond donors (Lipinski definition) is 2. The minimum absolute atomic E-state index is 0.0956. The molecule has 0 bridgehead atoms. The van der Waals surface area contributed by atoms with Crippen molar-refractivity contribution >= 4 is 29.0 Å². The van der Waals surface area contributed by atoms with Crippen molar-refractivity contribution in [1.29, 1.82) is 0 Å². The van der Waals surface area contributed by atoms with Crippen molar-refractivity contribution < 1.29 is 18.0 Å². The fourth-order valence-corrected chi connectivity index (χ4v) is 2.12. The summed E-state index contributed by atoms with van der Waals surface area (Å²) in [5.41, 5.74) is 4.80. The highest BCUT2D eigenvalue weighted by molar-refractivity contribution is 8.00. The van der Waals surface area contributed by atoms with Gasteiger partial charge in [-0.3, -0.25) is 4.79 Å². The summed E-state index contributed by atoms with van der Waals surface area (Å²) in [6.07, 6.45) is -3.50. The molecule has 1 amide bonds. The van der Waals surface area contributed by atoms with Crippen molar-refractivity contribution in [3.8, 4) is 0 Å². The van der Waals surface area contributed by atoms with E-state index in [-0.39, 0.29) is 23.0 Å². The molecule has 3 N–H and O–H groups in total. The third-order valence-electron chi connectivity index (χ3n) is 2.73. The first-order chi connectivity index (χ1) is 9.24. The van der Waals surface area contributed by atoms with E-state index in [1.165, 1.54) is 17.8 Å². The first-order valence-corrected chi connectivity index (χ1v) is 7.17. The summed E-state index contributed by atoms with van der Waals surface area (Å²) >= 11 is 1.48. The third kappa shape index (κ3) is 4.96. The normalized spacial score (nSPS) is 13.1. The molecule has 1 atom stereocenters. The van der Waals surface area contributed by atoms with Gasteiger partial charge in [-0.1, -0.05) is 13.8 Å². The average Bonchev–Trinajstić information content (AvgIpc) is 2.37. The molecule has 1 aromatic rings. The Bertz CT molecular complexity index is 477. The highest BCUT2D eigenvalue weighted by atomic mass is 32.2. The van der Waals surface area contributed by atoms with Gasteiger partial charge < -0.3 is 11.1 Å². The summed E-state index contributed by atoms with van der Waals surface area (Å²) in [6, 6.07) is 2.88. The number of anilines is 2. The second-order valence-electron chi connectivity index (χ2n) is 4.38. The van der Waals surface area contributed by atoms with Crippen LogP contribution >= 0.6 is 11.8 Å². The van der Waals surface area contributed by atoms with Crippen LogP contribution in [-0.4, -0.2) is 16.9 Å². The minimum atomic E-state index is -4.44. The molecule has 0 saturated heterocycles. The molecule has 0 radical (unpaired) electrons. The van der Waals surface area contributed by atoms with E-state index in [4.69, 9.17) is 5.73 Å². The van der Waals surface area contributed by atoms with Crippen LogP contribution in [0, 0.1) is 0 Å². The topological polar surface area (TPSA) is 55.1 Å². The zero-order valence-corrected chi connectivity index (χ0v) is 12.1. The second-order valence-corrected chi connectivity index (χ2v) is 5.80. The number of halogens is 3. The fourth-order valence-electron chi connectivity index (χ4n) is 1.37. The van der Waals surface area contributed by atoms with Crippen molar-refractivity contribution in [1.82, 2.24) is 0 Å². The number of nitrogens with two attached hydrogens (primary N) is 1. The second kappa shape index (κ2) is 6.88. The monoisotopic (exact) mass is 306 g/mol. The van der Waals surface area contributed by atoms with E-state index in [1.54, 1.807) is 0 Å². The Morgan fingerprint density at radius 2 is 2.10 bits per heavy atom. The molecule has 1 unspecified atom stereocenters. The van der Waals surface area contributed by atoms with E-state index >= 15 is 0 Å². The van der Waals surface area contributed by atoms with Gasteiger partial charge in [0.1, 0.15) is 0 Å². The maximum Gasteiger partial charge on any atom is 0.416 e. The predicted octanol–water partition coefficient (Wildman–Crippen LogP) is 3.76. The SMILES string of the molecule is CCC(C)SCC(=O)Nc1ccc(C(F)(F)F)cc1N. The van der Waals surface area contributed by atoms with Crippen molar-refractivity contribution in [3.63, 3.8) is 0 Å². The summed E-state index contributed by atoms with van der Waals surface area (Å²) in [7, 11) is 0. The molecule has 20 heavy (non-hydrogen) atoms. The number of nitrogen functional groups attached to an aromatic ring is 1. The van der Waals surface area contributed by atoms with Crippen LogP contribution in [0.15, 0.2) is 18.2 Å². The number of alkyl halides is 3. The Kier molecular flexibility index (Phi) is 5.74. The molecular formula is C13H17F3N2OS. The van der Waals surface area contributed by atoms with Gasteiger partial charge in [-0.2, -0.15) is 13.2 Å². The number of thioether (sulfide) groups is 1. The molecule has 0 aliphatic heterocycles. The lowest BCUT2D eigenvalue weighted by atomic mass is 10.1. The number of nitrogens with one attached hydrogen (secondary N) is 1. The van der Waals surface area contributed by atoms with Gasteiger partial charge in [0.05, 0.1) is 22.7 Å². The van der Waals surface area contributed by atoms with Crippen molar-refractivity contribution in [2.24, 2.45) is 0 Å². The van der Waals surface area contributed by atoms with Gasteiger partial charge in [-0.25, -0.2) is 0 Å². The summed E-state index contributed by atoms with van der Waals surface area (Å²) in [5, 5.41) is 2.87. The largest absolute Gasteiger partial charge is 0.416 e. The molecule has 3 nitrogen and oxygen atoms in total. The van der Waals surface area contributed by atoms with Crippen molar-refractivity contribution in [2.75, 3.05) is 16.8 Å². The minimum Gasteiger partial charge on any atom is -0.397 e. The summed E-state index contributed by atoms with van der Waals surface area (Å²) in [6.45, 7) is 4.02. The quantitative estimate of drug-likeness (QED) is 0.814. The lowest BCUT2D eigenvalue weighted by Crippen LogP contribution is -2.17. The maximum atomic E-state index is 12.5. The van der Waals surface area contributed by atoms with Crippen LogP contribution < -0.4 is 11.1 Å². The molecule has 0 spiro atoms. The van der Waals surface area contributed by atoms with Crippen molar-refractivity contribution in [3.05, 3.63) is 23.8 Å². The lowest BCUT2D eigenvalue weighted by molar-refractivity contribution is -0.137. The van der Waals surface area contributed by atoms with Crippen LogP contribution in [0.25, 0.3) is 0 Å². The van der Waals surface area contributed by atoms with Crippen molar-refractivity contribution in [2.45, 2.75) is 31.7 Å². The fraction of sp³-hybridized carbons (Fsp3) is 0.462. The number of amides is 1. The van der Waals surface area contributed by atoms with Crippen LogP contribution in [-0.2, 0) is 11.0 Å². The molecule has 0 aromatic heterocycles. The van der Waals surface area contributed by atoms with Gasteiger partial charge in [-0.15, -0.1) is 11.8 Å². The van der Waals surface area contributed by atoms with Crippen LogP contribution in [0.1, 0.15) is 25.8 Å². The average molecular weight is 306 g/mol. The van der Waals surface area contributed by atoms with Gasteiger partial charge in [0.25, 0.3) is 0 Å². The number of hydrogen-bond acceptors (Lipinski definition) is 3. The van der Waals surface area contributed by atoms with E-state index in [2.05, 4.69) is 5.32 Å². The number of carbonyl (C=O) groups is 1. The van der Waals surface area contributed by atoms with Crippen LogP contribution in [0.3, 0.4) is 0 Å². The van der Waals surface area contributed by atoms with Crippen LogP contribution in [0.4, 0.5) is 24.5 Å². The Labute approximate surface area is 120 Å². The molecule has 7 heteroatoms. The first-order valence-electron chi connectivity index (χ1n) is 6.12. The standard InChI is InChI=1S/C13H17F3N2OS/c1-3-8(2)20-7-12(19)18-11-5-4-9(6-10(11)17)13(14,15)16/h4-6,8H,3,7,17H2,1-2H3,(H,18,19). The Morgan fingerprint density at radius 3 is 2.60 bits per heavy atom. The van der Waals surface area contributed by atoms with Gasteiger partial charge >= 0.3 is 6.18 Å². The van der Waals surface area contributed by atoms with E-state index in [0.717, 1.165) is 18.6 Å². The number of benzene rings is 1. The lowest BCUT2D eigenvalue weighted by Gasteiger charge is -2.12. The zero-order chi connectivity index (χ0) is 15.3. The molecule has 0 heterocycles. The maximum absolute atomic E-state index is 12.5. The summed E-state index contributed by atoms with van der Waals surface area (Å²) < 4.78 is 37.4. The third-order valence-corrected chi connectivity index (χ3v) is 4.06. The molecular weight excluding hydrogens is 289 g/mol. The highest BCUT2D eigenvalue weighted by Gasteiger charge is 2.30. The molecule has 112 valence electrons. The molecule has 0 aliphatic carbocycles. The summed E-state index contributed by atoms with van der Waals surface area (Å²) in [5.74, 6) is -0.0306. The Morgan fingerprint density at radius 1 is 1.45 bits per heavy atom. The van der Waals surface area contributed by atoms with Gasteiger partial charge in [0, 0.05) is 5.25 Å². The Hall–Kier alpha value is -1.37. The van der Waals surface area contributed by atoms with Gasteiger partial charge in [0.15, 0.2) is 0 Å². The van der Waals surface area contributed by atoms with E-state index in [0.29, 0.717) is 5.25 Å². The molecule has 1 aromatic carbocycles. The molecule has 0 saturated carbocycles. The number of carbonyl (C=O) groups excluding carboxylic acids is 1. The van der Waals surface area contributed by atoms with Crippen LogP contribution in [0.5, 0.6) is 0 Å². The highest BCUT2D eigenvalue weighted by Crippen LogP contribution is 2.32. The molecule has 0 fully saturated rings. The zero-order valence-electron chi connectivity index (χ0n) is 11.3. The van der Waals surface area contributed by atoms with Gasteiger partial charge in [0.2, 0.25) is 5.91 Å². The number of rotatable bonds is 5. The molecule has 1 rings (SSSR count). The smallest absolute Gasteiger partial charge is 0.397 e. The Balaban J connectivity index is 2.67. The van der Waals surface area contributed by atoms with Gasteiger partial charge in [-0.05, 0) is 24.6 Å². The van der Waals surface area contributed by atoms with E-state index in [1.807, 2.05) is 13.8 Å². The first kappa shape index (κ1) is 16.7.